The van der Waals surface area contributed by atoms with Crippen molar-refractivity contribution in [1.29, 1.82) is 0 Å². The molecule has 41 heavy (non-hydrogen) atoms. The Kier molecular flexibility index (Phi) is 10.4. The van der Waals surface area contributed by atoms with Crippen molar-refractivity contribution in [3.05, 3.63) is 58.6 Å². The fraction of sp³-hybridized carbons (Fsp3) is 0.263. The van der Waals surface area contributed by atoms with Crippen molar-refractivity contribution in [1.82, 2.24) is 9.44 Å². The quantitative estimate of drug-likeness (QED) is 0.309. The van der Waals surface area contributed by atoms with E-state index in [1.807, 2.05) is 0 Å². The lowest BCUT2D eigenvalue weighted by Gasteiger charge is -2.31. The predicted octanol–water partition coefficient (Wildman–Crippen LogP) is 4.30. The van der Waals surface area contributed by atoms with E-state index in [0.717, 1.165) is 58.0 Å². The molecule has 0 atom stereocenters. The van der Waals surface area contributed by atoms with E-state index < -0.39 is 75.3 Å². The van der Waals surface area contributed by atoms with Gasteiger partial charge >= 0.3 is 50.6 Å². The second-order valence-electron chi connectivity index (χ2n) is 7.32. The molecule has 0 aliphatic heterocycles. The summed E-state index contributed by atoms with van der Waals surface area (Å²) in [7, 11) is -10.2. The van der Waals surface area contributed by atoms with E-state index in [0.29, 0.717) is 0 Å². The maximum Gasteiger partial charge on any atom is 0.423 e. The van der Waals surface area contributed by atoms with Gasteiger partial charge in [-0.3, -0.25) is 0 Å². The summed E-state index contributed by atoms with van der Waals surface area (Å²) < 4.78 is 148. The second kappa shape index (κ2) is 12.7. The Morgan fingerprint density at radius 3 is 1.22 bits per heavy atom. The second-order valence-corrected chi connectivity index (χ2v) is 10.8. The number of alkyl halides is 6. The summed E-state index contributed by atoms with van der Waals surface area (Å²) in [6, 6.07) is 8.68. The van der Waals surface area contributed by atoms with Gasteiger partial charge < -0.3 is 17.8 Å². The Morgan fingerprint density at radius 1 is 0.634 bits per heavy atom. The molecular formula is C19H14Cl2F6N2O10S2. The summed E-state index contributed by atoms with van der Waals surface area (Å²) in [6.45, 7) is -5.60. The van der Waals surface area contributed by atoms with Crippen LogP contribution in [-0.2, 0) is 30.1 Å². The van der Waals surface area contributed by atoms with E-state index in [1.54, 1.807) is 0 Å². The van der Waals surface area contributed by atoms with Crippen LogP contribution in [0.3, 0.4) is 0 Å². The predicted molar refractivity (Wildman–Crippen MR) is 126 cm³/mol. The maximum absolute atomic E-state index is 14.0. The molecule has 2 rings (SSSR count). The van der Waals surface area contributed by atoms with E-state index in [2.05, 4.69) is 17.8 Å². The number of hydrogen-bond acceptors (Lipinski definition) is 10. The third-order valence-corrected chi connectivity index (χ3v) is 6.30. The first-order valence-electron chi connectivity index (χ1n) is 10.1. The van der Waals surface area contributed by atoms with Gasteiger partial charge in [0.25, 0.3) is 0 Å². The molecule has 2 amide bonds. The molecule has 0 saturated carbocycles. The Balaban J connectivity index is 1.94. The van der Waals surface area contributed by atoms with Crippen LogP contribution in [0.4, 0.5) is 35.9 Å². The van der Waals surface area contributed by atoms with Crippen LogP contribution < -0.4 is 17.8 Å². The molecule has 22 heteroatoms. The Labute approximate surface area is 236 Å². The van der Waals surface area contributed by atoms with Gasteiger partial charge in [-0.1, -0.05) is 23.2 Å². The van der Waals surface area contributed by atoms with Crippen LogP contribution in [0.5, 0.6) is 11.5 Å². The lowest BCUT2D eigenvalue weighted by molar-refractivity contribution is -0.322. The monoisotopic (exact) mass is 678 g/mol. The SMILES string of the molecule is O=C(NS(=O)(=O)Oc1ccc(Cl)cc1)OCC(F)(F)C(F)(F)C(F)(F)COC(=O)NS(=O)(=O)Oc1ccc(Cl)cc1. The fourth-order valence-corrected chi connectivity index (χ4v) is 3.89. The van der Waals surface area contributed by atoms with Crippen LogP contribution >= 0.6 is 23.2 Å². The number of ether oxygens (including phenoxy) is 2. The topological polar surface area (TPSA) is 163 Å². The average molecular weight is 679 g/mol. The van der Waals surface area contributed by atoms with E-state index in [-0.39, 0.29) is 10.0 Å². The van der Waals surface area contributed by atoms with Crippen molar-refractivity contribution < 1.29 is 70.6 Å². The molecule has 0 radical (unpaired) electrons. The van der Waals surface area contributed by atoms with E-state index in [4.69, 9.17) is 23.2 Å². The molecule has 12 nitrogen and oxygen atoms in total. The molecule has 0 saturated heterocycles. The van der Waals surface area contributed by atoms with Crippen LogP contribution in [0, 0.1) is 0 Å². The molecule has 0 aliphatic carbocycles. The number of benzene rings is 2. The lowest BCUT2D eigenvalue weighted by atomic mass is 10.1. The Morgan fingerprint density at radius 2 is 0.927 bits per heavy atom. The van der Waals surface area contributed by atoms with Crippen molar-refractivity contribution >= 4 is 56.0 Å². The first kappa shape index (κ1) is 33.8. The van der Waals surface area contributed by atoms with Crippen LogP contribution in [0.25, 0.3) is 0 Å². The first-order valence-corrected chi connectivity index (χ1v) is 13.6. The molecule has 2 aromatic rings. The minimum absolute atomic E-state index is 0.154. The Bertz CT molecular complexity index is 1350. The normalized spacial score (nSPS) is 12.7. The highest BCUT2D eigenvalue weighted by Gasteiger charge is 2.72. The van der Waals surface area contributed by atoms with Gasteiger partial charge in [0.15, 0.2) is 13.2 Å². The molecule has 0 heterocycles. The number of carbonyl (C=O) groups excluding carboxylic acids is 2. The molecule has 2 aromatic carbocycles. The van der Waals surface area contributed by atoms with Crippen LogP contribution in [0.2, 0.25) is 10.0 Å². The molecule has 0 bridgehead atoms. The molecule has 2 N–H and O–H groups in total. The zero-order valence-corrected chi connectivity index (χ0v) is 22.6. The zero-order chi connectivity index (χ0) is 31.3. The Hall–Kier alpha value is -3.36. The molecule has 0 fully saturated rings. The van der Waals surface area contributed by atoms with E-state index >= 15 is 0 Å². The van der Waals surface area contributed by atoms with Crippen LogP contribution in [0.1, 0.15) is 0 Å². The van der Waals surface area contributed by atoms with Crippen LogP contribution in [0.15, 0.2) is 48.5 Å². The number of hydrogen-bond donors (Lipinski definition) is 2. The zero-order valence-electron chi connectivity index (χ0n) is 19.5. The molecule has 0 spiro atoms. The minimum atomic E-state index is -6.40. The van der Waals surface area contributed by atoms with Gasteiger partial charge in [-0.05, 0) is 48.5 Å². The van der Waals surface area contributed by atoms with E-state index in [1.165, 1.54) is 0 Å². The third-order valence-electron chi connectivity index (χ3n) is 4.14. The molecule has 228 valence electrons. The van der Waals surface area contributed by atoms with Gasteiger partial charge in [0.1, 0.15) is 11.5 Å². The highest BCUT2D eigenvalue weighted by atomic mass is 35.5. The maximum atomic E-state index is 14.0. The highest BCUT2D eigenvalue weighted by molar-refractivity contribution is 7.85. The summed E-state index contributed by atoms with van der Waals surface area (Å²) in [5.74, 6) is -19.0. The van der Waals surface area contributed by atoms with E-state index in [9.17, 15) is 52.8 Å². The van der Waals surface area contributed by atoms with Gasteiger partial charge in [0.2, 0.25) is 0 Å². The van der Waals surface area contributed by atoms with Crippen molar-refractivity contribution in [2.75, 3.05) is 13.2 Å². The largest absolute Gasteiger partial charge is 0.442 e. The van der Waals surface area contributed by atoms with Crippen molar-refractivity contribution in [3.63, 3.8) is 0 Å². The number of rotatable bonds is 12. The van der Waals surface area contributed by atoms with Gasteiger partial charge in [-0.25, -0.2) is 9.59 Å². The minimum Gasteiger partial charge on any atom is -0.442 e. The molecule has 0 unspecified atom stereocenters. The standard InChI is InChI=1S/C19H14Cl2F6N2O10S2/c20-11-1-5-13(6-2-11)38-40(32,33)28-15(30)36-9-17(22,23)19(26,27)18(24,25)10-37-16(31)29-41(34,35)39-14-7-3-12(21)4-8-14/h1-8H,9-10H2,(H,28,30)(H,29,31). The van der Waals surface area contributed by atoms with Gasteiger partial charge in [0, 0.05) is 10.0 Å². The van der Waals surface area contributed by atoms with Crippen LogP contribution in [-0.4, -0.2) is 60.0 Å². The van der Waals surface area contributed by atoms with Gasteiger partial charge in [-0.2, -0.15) is 52.6 Å². The average Bonchev–Trinajstić information content (AvgIpc) is 2.83. The third kappa shape index (κ3) is 9.90. The van der Waals surface area contributed by atoms with Crippen molar-refractivity contribution in [2.24, 2.45) is 0 Å². The van der Waals surface area contributed by atoms with Gasteiger partial charge in [0.05, 0.1) is 0 Å². The first-order chi connectivity index (χ1) is 18.6. The number of nitrogens with one attached hydrogen (secondary N) is 2. The summed E-state index contributed by atoms with van der Waals surface area (Å²) in [5.41, 5.74) is 0. The van der Waals surface area contributed by atoms with Gasteiger partial charge in [-0.15, -0.1) is 0 Å². The highest BCUT2D eigenvalue weighted by Crippen LogP contribution is 2.46. The summed E-state index contributed by atoms with van der Waals surface area (Å²) >= 11 is 11.1. The van der Waals surface area contributed by atoms with Crippen molar-refractivity contribution in [3.8, 4) is 11.5 Å². The number of carbonyl (C=O) groups is 2. The fourth-order valence-electron chi connectivity index (χ4n) is 2.30. The number of halogens is 8. The summed E-state index contributed by atoms with van der Waals surface area (Å²) in [5, 5.41) is 0.308. The lowest BCUT2D eigenvalue weighted by Crippen LogP contribution is -2.58. The molecule has 0 aromatic heterocycles. The summed E-state index contributed by atoms with van der Waals surface area (Å²) in [6.07, 6.45) is -4.64. The number of amides is 2. The van der Waals surface area contributed by atoms with Crippen molar-refractivity contribution in [2.45, 2.75) is 17.8 Å². The molecule has 0 aliphatic rings. The smallest absolute Gasteiger partial charge is 0.423 e. The summed E-state index contributed by atoms with van der Waals surface area (Å²) in [4.78, 5) is 23.0. The molecular weight excluding hydrogens is 665 g/mol.